The third-order valence-electron chi connectivity index (χ3n) is 6.01. The van der Waals surface area contributed by atoms with E-state index >= 15 is 0 Å². The molecule has 0 amide bonds. The fraction of sp³-hybridized carbons (Fsp3) is 0.556. The molecule has 128 valence electrons. The Kier molecular flexibility index (Phi) is 2.90. The Bertz CT molecular complexity index is 734. The highest BCUT2D eigenvalue weighted by molar-refractivity contribution is 5.56. The van der Waals surface area contributed by atoms with E-state index in [9.17, 15) is 5.11 Å². The molecule has 1 aromatic rings. The van der Waals surface area contributed by atoms with Crippen molar-refractivity contribution in [2.45, 2.75) is 36.4 Å². The zero-order chi connectivity index (χ0) is 16.5. The number of fused-ring (bicyclic) bond motifs is 2. The highest BCUT2D eigenvalue weighted by atomic mass is 16.7. The summed E-state index contributed by atoms with van der Waals surface area (Å²) in [6.07, 6.45) is 4.98. The van der Waals surface area contributed by atoms with Crippen LogP contribution in [0.25, 0.3) is 0 Å². The minimum absolute atomic E-state index is 0.0461. The zero-order valence-corrected chi connectivity index (χ0v) is 13.8. The number of hydrogen-bond acceptors (Lipinski definition) is 6. The Morgan fingerprint density at radius 3 is 2.88 bits per heavy atom. The van der Waals surface area contributed by atoms with E-state index in [2.05, 4.69) is 11.0 Å². The summed E-state index contributed by atoms with van der Waals surface area (Å²) in [5.41, 5.74) is 1.50. The van der Waals surface area contributed by atoms with Crippen molar-refractivity contribution >= 4 is 0 Å². The van der Waals surface area contributed by atoms with Gasteiger partial charge in [0.2, 0.25) is 6.79 Å². The lowest BCUT2D eigenvalue weighted by atomic mass is 9.64. The number of aliphatic hydroxyl groups is 1. The predicted octanol–water partition coefficient (Wildman–Crippen LogP) is 1.16. The fourth-order valence-electron chi connectivity index (χ4n) is 4.86. The molecule has 1 aliphatic carbocycles. The van der Waals surface area contributed by atoms with Gasteiger partial charge < -0.3 is 24.1 Å². The summed E-state index contributed by atoms with van der Waals surface area (Å²) < 4.78 is 22.6. The molecule has 1 fully saturated rings. The van der Waals surface area contributed by atoms with Crippen LogP contribution in [0.4, 0.5) is 0 Å². The molecule has 1 N–H and O–H groups in total. The minimum Gasteiger partial charge on any atom is -0.454 e. The number of likely N-dealkylation sites (N-methyl/N-ethyl adjacent to an activating group) is 1. The van der Waals surface area contributed by atoms with Gasteiger partial charge >= 0.3 is 0 Å². The molecule has 1 aromatic carbocycles. The average Bonchev–Trinajstić information content (AvgIpc) is 3.13. The van der Waals surface area contributed by atoms with Crippen LogP contribution in [-0.2, 0) is 21.5 Å². The van der Waals surface area contributed by atoms with Crippen LogP contribution >= 0.6 is 0 Å². The first-order valence-electron chi connectivity index (χ1n) is 8.29. The lowest BCUT2D eigenvalue weighted by Crippen LogP contribution is -2.59. The van der Waals surface area contributed by atoms with Crippen molar-refractivity contribution in [3.05, 3.63) is 35.4 Å². The molecule has 5 rings (SSSR count). The lowest BCUT2D eigenvalue weighted by Gasteiger charge is -2.49. The molecular formula is C18H21NO5. The van der Waals surface area contributed by atoms with E-state index in [1.165, 1.54) is 0 Å². The third kappa shape index (κ3) is 1.64. The van der Waals surface area contributed by atoms with E-state index in [0.29, 0.717) is 13.2 Å². The topological polar surface area (TPSA) is 60.4 Å². The second kappa shape index (κ2) is 4.73. The molecule has 24 heavy (non-hydrogen) atoms. The van der Waals surface area contributed by atoms with E-state index in [-0.39, 0.29) is 18.9 Å². The summed E-state index contributed by atoms with van der Waals surface area (Å²) in [5.74, 6) is 0.238. The molecule has 1 spiro atoms. The Balaban J connectivity index is 1.74. The van der Waals surface area contributed by atoms with Gasteiger partial charge in [-0.05, 0) is 36.7 Å². The van der Waals surface area contributed by atoms with Gasteiger partial charge in [0.1, 0.15) is 0 Å². The van der Waals surface area contributed by atoms with Crippen LogP contribution in [0.5, 0.6) is 11.5 Å². The van der Waals surface area contributed by atoms with Crippen molar-refractivity contribution < 1.29 is 24.1 Å². The van der Waals surface area contributed by atoms with Crippen LogP contribution in [0, 0.1) is 0 Å². The molecule has 0 saturated carbocycles. The monoisotopic (exact) mass is 331 g/mol. The summed E-state index contributed by atoms with van der Waals surface area (Å²) >= 11 is 0. The Morgan fingerprint density at radius 1 is 1.29 bits per heavy atom. The molecule has 0 radical (unpaired) electrons. The molecule has 1 saturated heterocycles. The maximum absolute atomic E-state index is 11.4. The third-order valence-corrected chi connectivity index (χ3v) is 6.01. The van der Waals surface area contributed by atoms with Crippen molar-refractivity contribution in [2.75, 3.05) is 27.5 Å². The van der Waals surface area contributed by atoms with Crippen LogP contribution in [0.3, 0.4) is 0 Å². The quantitative estimate of drug-likeness (QED) is 0.780. The van der Waals surface area contributed by atoms with Crippen molar-refractivity contribution in [1.82, 2.24) is 4.90 Å². The summed E-state index contributed by atoms with van der Waals surface area (Å²) in [6, 6.07) is 4.10. The lowest BCUT2D eigenvalue weighted by molar-refractivity contribution is -0.236. The molecular weight excluding hydrogens is 310 g/mol. The van der Waals surface area contributed by atoms with Crippen LogP contribution in [0.15, 0.2) is 24.3 Å². The molecule has 1 unspecified atom stereocenters. The van der Waals surface area contributed by atoms with Crippen LogP contribution in [0.1, 0.15) is 17.5 Å². The van der Waals surface area contributed by atoms with Crippen molar-refractivity contribution in [3.63, 3.8) is 0 Å². The molecule has 3 heterocycles. The number of rotatable bonds is 1. The van der Waals surface area contributed by atoms with Crippen LogP contribution < -0.4 is 9.47 Å². The summed E-state index contributed by atoms with van der Waals surface area (Å²) in [4.78, 5) is 2.18. The first kappa shape index (κ1) is 14.7. The molecule has 0 aromatic heterocycles. The first-order chi connectivity index (χ1) is 11.6. The zero-order valence-electron chi connectivity index (χ0n) is 13.8. The molecule has 3 aliphatic heterocycles. The van der Waals surface area contributed by atoms with Gasteiger partial charge in [0.25, 0.3) is 0 Å². The number of nitrogens with zero attached hydrogens (tertiary/aromatic N) is 1. The SMILES string of the molecule is CO[C@@H]1C=C[C@@]23c4cc5c(cc4COC2(O)CN(C)[C@H]3C1)OCO5. The Morgan fingerprint density at radius 2 is 2.08 bits per heavy atom. The Hall–Kier alpha value is -1.60. The van der Waals surface area contributed by atoms with Crippen molar-refractivity contribution in [2.24, 2.45) is 0 Å². The highest BCUT2D eigenvalue weighted by Crippen LogP contribution is 2.56. The maximum atomic E-state index is 11.4. The van der Waals surface area contributed by atoms with E-state index in [0.717, 1.165) is 29.0 Å². The van der Waals surface area contributed by atoms with Gasteiger partial charge in [0.15, 0.2) is 17.3 Å². The van der Waals surface area contributed by atoms with Crippen LogP contribution in [-0.4, -0.2) is 55.4 Å². The summed E-state index contributed by atoms with van der Waals surface area (Å²) in [7, 11) is 3.75. The molecule has 0 bridgehead atoms. The van der Waals surface area contributed by atoms with E-state index < -0.39 is 11.2 Å². The normalized spacial score (nSPS) is 39.5. The van der Waals surface area contributed by atoms with E-state index in [1.807, 2.05) is 25.3 Å². The van der Waals surface area contributed by atoms with Gasteiger partial charge in [-0.2, -0.15) is 0 Å². The summed E-state index contributed by atoms with van der Waals surface area (Å²) in [5, 5.41) is 11.4. The van der Waals surface area contributed by atoms with Gasteiger partial charge in [0.05, 0.1) is 24.7 Å². The average molecular weight is 331 g/mol. The minimum atomic E-state index is -1.25. The van der Waals surface area contributed by atoms with E-state index in [4.69, 9.17) is 18.9 Å². The smallest absolute Gasteiger partial charge is 0.231 e. The summed E-state index contributed by atoms with van der Waals surface area (Å²) in [6.45, 7) is 1.07. The molecule has 4 aliphatic rings. The largest absolute Gasteiger partial charge is 0.454 e. The second-order valence-electron chi connectivity index (χ2n) is 7.10. The van der Waals surface area contributed by atoms with Gasteiger partial charge in [-0.3, -0.25) is 4.90 Å². The van der Waals surface area contributed by atoms with Gasteiger partial charge in [-0.15, -0.1) is 0 Å². The molecule has 6 nitrogen and oxygen atoms in total. The molecule has 4 atom stereocenters. The standard InChI is InChI=1S/C18H21NO5/c1-19-9-18(20)17(4-3-12(21-2)6-16(17)19)13-7-15-14(22-10-23-15)5-11(13)8-24-18/h3-5,7,12,16,20H,6,8-10H2,1-2H3/t12-,16+,17+,18?/m1/s1. The number of ether oxygens (including phenoxy) is 4. The fourth-order valence-corrected chi connectivity index (χ4v) is 4.86. The number of β-amino-alcohol motifs (C(OH)–C–C–N with tert-alkyl or cyclic N) is 1. The number of hydrogen-bond donors (Lipinski definition) is 1. The number of likely N-dealkylation sites (tertiary alicyclic amines) is 1. The Labute approximate surface area is 140 Å². The van der Waals surface area contributed by atoms with E-state index in [1.54, 1.807) is 7.11 Å². The highest BCUT2D eigenvalue weighted by Gasteiger charge is 2.66. The van der Waals surface area contributed by atoms with Crippen molar-refractivity contribution in [3.8, 4) is 11.5 Å². The van der Waals surface area contributed by atoms with Gasteiger partial charge in [0, 0.05) is 13.2 Å². The second-order valence-corrected chi connectivity index (χ2v) is 7.10. The maximum Gasteiger partial charge on any atom is 0.231 e. The number of methoxy groups -OCH3 is 1. The predicted molar refractivity (Wildman–Crippen MR) is 85.0 cm³/mol. The van der Waals surface area contributed by atoms with Gasteiger partial charge in [-0.25, -0.2) is 0 Å². The van der Waals surface area contributed by atoms with Gasteiger partial charge in [-0.1, -0.05) is 12.2 Å². The number of benzene rings is 1. The van der Waals surface area contributed by atoms with Crippen LogP contribution in [0.2, 0.25) is 0 Å². The van der Waals surface area contributed by atoms with Crippen molar-refractivity contribution in [1.29, 1.82) is 0 Å². The first-order valence-corrected chi connectivity index (χ1v) is 8.29. The molecule has 6 heteroatoms.